The lowest BCUT2D eigenvalue weighted by Crippen LogP contribution is -2.47. The van der Waals surface area contributed by atoms with Crippen molar-refractivity contribution in [2.24, 2.45) is 0 Å². The summed E-state index contributed by atoms with van der Waals surface area (Å²) in [4.78, 5) is 18.1. The summed E-state index contributed by atoms with van der Waals surface area (Å²) >= 11 is 0. The van der Waals surface area contributed by atoms with Gasteiger partial charge in [-0.2, -0.15) is 0 Å². The molecule has 0 aliphatic carbocycles. The molecule has 2 rings (SSSR count). The fourth-order valence-electron chi connectivity index (χ4n) is 2.32. The molecule has 0 radical (unpaired) electrons. The fraction of sp³-hybridized carbons (Fsp3) is 0.571. The number of piperidine rings is 1. The number of pyridine rings is 1. The Bertz CT molecular complexity index is 419. The van der Waals surface area contributed by atoms with Crippen LogP contribution in [-0.2, 0) is 6.54 Å². The first-order valence-electron chi connectivity index (χ1n) is 6.74. The summed E-state index contributed by atoms with van der Waals surface area (Å²) in [7, 11) is 1.58. The van der Waals surface area contributed by atoms with Crippen molar-refractivity contribution in [1.82, 2.24) is 15.2 Å². The molecule has 1 unspecified atom stereocenters. The number of ether oxygens (including phenoxy) is 1. The molecule has 1 atom stereocenters. The van der Waals surface area contributed by atoms with Crippen molar-refractivity contribution in [2.75, 3.05) is 13.7 Å². The Morgan fingerprint density at radius 3 is 3.00 bits per heavy atom. The molecule has 0 saturated carbocycles. The van der Waals surface area contributed by atoms with Crippen LogP contribution in [0.3, 0.4) is 0 Å². The summed E-state index contributed by atoms with van der Waals surface area (Å²) in [5.74, 6) is 0.583. The number of amides is 2. The van der Waals surface area contributed by atoms with Gasteiger partial charge < -0.3 is 15.0 Å². The molecule has 5 nitrogen and oxygen atoms in total. The molecule has 1 aliphatic heterocycles. The van der Waals surface area contributed by atoms with Gasteiger partial charge in [-0.3, -0.25) is 0 Å². The third kappa shape index (κ3) is 3.59. The van der Waals surface area contributed by atoms with Crippen molar-refractivity contribution in [3.05, 3.63) is 23.9 Å². The average molecular weight is 263 g/mol. The van der Waals surface area contributed by atoms with E-state index in [4.69, 9.17) is 4.74 Å². The van der Waals surface area contributed by atoms with E-state index >= 15 is 0 Å². The standard InChI is InChI=1S/C14H21N3O2/c1-11-5-3-4-8-17(11)14(18)16-10-12-6-7-13(19-2)15-9-12/h6-7,9,11H,3-5,8,10H2,1-2H3,(H,16,18). The van der Waals surface area contributed by atoms with Gasteiger partial charge in [0.1, 0.15) is 0 Å². The zero-order valence-corrected chi connectivity index (χ0v) is 11.6. The lowest BCUT2D eigenvalue weighted by Gasteiger charge is -2.33. The summed E-state index contributed by atoms with van der Waals surface area (Å²) in [5.41, 5.74) is 0.971. The quantitative estimate of drug-likeness (QED) is 0.909. The highest BCUT2D eigenvalue weighted by Crippen LogP contribution is 2.16. The number of carbonyl (C=O) groups is 1. The molecule has 1 aliphatic rings. The number of hydrogen-bond acceptors (Lipinski definition) is 3. The molecular weight excluding hydrogens is 242 g/mol. The Kier molecular flexibility index (Phi) is 4.60. The van der Waals surface area contributed by atoms with E-state index in [0.717, 1.165) is 24.9 Å². The molecule has 19 heavy (non-hydrogen) atoms. The molecular formula is C14H21N3O2. The average Bonchev–Trinajstić information content (AvgIpc) is 2.46. The first-order valence-corrected chi connectivity index (χ1v) is 6.74. The molecule has 0 aromatic carbocycles. The maximum atomic E-state index is 12.1. The summed E-state index contributed by atoms with van der Waals surface area (Å²) in [6.45, 7) is 3.46. The Hall–Kier alpha value is -1.78. The van der Waals surface area contributed by atoms with E-state index < -0.39 is 0 Å². The van der Waals surface area contributed by atoms with Crippen LogP contribution in [-0.4, -0.2) is 35.6 Å². The number of methoxy groups -OCH3 is 1. The summed E-state index contributed by atoms with van der Waals surface area (Å²) in [6.07, 6.45) is 5.13. The lowest BCUT2D eigenvalue weighted by atomic mass is 10.0. The number of rotatable bonds is 3. The number of carbonyl (C=O) groups excluding carboxylic acids is 1. The maximum absolute atomic E-state index is 12.1. The normalized spacial score (nSPS) is 19.1. The van der Waals surface area contributed by atoms with Crippen LogP contribution in [0.4, 0.5) is 4.79 Å². The molecule has 0 spiro atoms. The zero-order valence-electron chi connectivity index (χ0n) is 11.6. The second kappa shape index (κ2) is 6.41. The molecule has 1 N–H and O–H groups in total. The SMILES string of the molecule is COc1ccc(CNC(=O)N2CCCCC2C)cn1. The molecule has 1 saturated heterocycles. The van der Waals surface area contributed by atoms with Gasteiger partial charge in [0, 0.05) is 31.4 Å². The monoisotopic (exact) mass is 263 g/mol. The van der Waals surface area contributed by atoms with Gasteiger partial charge >= 0.3 is 6.03 Å². The Balaban J connectivity index is 1.85. The first-order chi connectivity index (χ1) is 9.20. The van der Waals surface area contributed by atoms with Crippen molar-refractivity contribution < 1.29 is 9.53 Å². The minimum atomic E-state index is 0.0167. The third-order valence-corrected chi connectivity index (χ3v) is 3.51. The van der Waals surface area contributed by atoms with Crippen LogP contribution in [0.2, 0.25) is 0 Å². The van der Waals surface area contributed by atoms with Crippen LogP contribution < -0.4 is 10.1 Å². The van der Waals surface area contributed by atoms with Gasteiger partial charge in [0.05, 0.1) is 7.11 Å². The molecule has 1 fully saturated rings. The smallest absolute Gasteiger partial charge is 0.317 e. The van der Waals surface area contributed by atoms with Crippen molar-refractivity contribution in [3.63, 3.8) is 0 Å². The fourth-order valence-corrected chi connectivity index (χ4v) is 2.32. The number of nitrogens with one attached hydrogen (secondary N) is 1. The van der Waals surface area contributed by atoms with Crippen LogP contribution >= 0.6 is 0 Å². The topological polar surface area (TPSA) is 54.5 Å². The highest BCUT2D eigenvalue weighted by molar-refractivity contribution is 5.74. The molecule has 2 amide bonds. The third-order valence-electron chi connectivity index (χ3n) is 3.51. The Morgan fingerprint density at radius 1 is 1.53 bits per heavy atom. The number of hydrogen-bond donors (Lipinski definition) is 1. The van der Waals surface area contributed by atoms with Crippen LogP contribution in [0.1, 0.15) is 31.7 Å². The van der Waals surface area contributed by atoms with Crippen molar-refractivity contribution >= 4 is 6.03 Å². The second-order valence-electron chi connectivity index (χ2n) is 4.91. The highest BCUT2D eigenvalue weighted by atomic mass is 16.5. The molecule has 1 aromatic heterocycles. The van der Waals surface area contributed by atoms with Crippen LogP contribution in [0, 0.1) is 0 Å². The van der Waals surface area contributed by atoms with Crippen LogP contribution in [0.15, 0.2) is 18.3 Å². The van der Waals surface area contributed by atoms with Crippen molar-refractivity contribution in [3.8, 4) is 5.88 Å². The van der Waals surface area contributed by atoms with Gasteiger partial charge in [0.2, 0.25) is 5.88 Å². The van der Waals surface area contributed by atoms with E-state index in [1.807, 2.05) is 11.0 Å². The number of aromatic nitrogens is 1. The number of urea groups is 1. The van der Waals surface area contributed by atoms with Crippen LogP contribution in [0.5, 0.6) is 5.88 Å². The van der Waals surface area contributed by atoms with E-state index in [-0.39, 0.29) is 6.03 Å². The van der Waals surface area contributed by atoms with Gasteiger partial charge in [-0.1, -0.05) is 6.07 Å². The van der Waals surface area contributed by atoms with E-state index in [1.54, 1.807) is 19.4 Å². The number of likely N-dealkylation sites (tertiary alicyclic amines) is 1. The second-order valence-corrected chi connectivity index (χ2v) is 4.91. The zero-order chi connectivity index (χ0) is 13.7. The van der Waals surface area contributed by atoms with E-state index in [2.05, 4.69) is 17.2 Å². The largest absolute Gasteiger partial charge is 0.481 e. The van der Waals surface area contributed by atoms with Gasteiger partial charge in [-0.05, 0) is 31.7 Å². The minimum absolute atomic E-state index is 0.0167. The number of nitrogens with zero attached hydrogens (tertiary/aromatic N) is 2. The lowest BCUT2D eigenvalue weighted by molar-refractivity contribution is 0.158. The Labute approximate surface area is 114 Å². The van der Waals surface area contributed by atoms with Crippen molar-refractivity contribution in [2.45, 2.75) is 38.8 Å². The van der Waals surface area contributed by atoms with E-state index in [0.29, 0.717) is 18.5 Å². The summed E-state index contributed by atoms with van der Waals surface area (Å²) in [6, 6.07) is 4.06. The van der Waals surface area contributed by atoms with Gasteiger partial charge in [0.15, 0.2) is 0 Å². The minimum Gasteiger partial charge on any atom is -0.481 e. The molecule has 104 valence electrons. The van der Waals surface area contributed by atoms with Gasteiger partial charge in [-0.15, -0.1) is 0 Å². The van der Waals surface area contributed by atoms with Crippen molar-refractivity contribution in [1.29, 1.82) is 0 Å². The molecule has 5 heteroatoms. The summed E-state index contributed by atoms with van der Waals surface area (Å²) in [5, 5.41) is 2.94. The van der Waals surface area contributed by atoms with Gasteiger partial charge in [0.25, 0.3) is 0 Å². The highest BCUT2D eigenvalue weighted by Gasteiger charge is 2.22. The predicted octanol–water partition coefficient (Wildman–Crippen LogP) is 2.17. The molecule has 1 aromatic rings. The first kappa shape index (κ1) is 13.6. The summed E-state index contributed by atoms with van der Waals surface area (Å²) < 4.78 is 5.00. The molecule has 0 bridgehead atoms. The maximum Gasteiger partial charge on any atom is 0.317 e. The van der Waals surface area contributed by atoms with Gasteiger partial charge in [-0.25, -0.2) is 9.78 Å². The Morgan fingerprint density at radius 2 is 2.37 bits per heavy atom. The van der Waals surface area contributed by atoms with Crippen LogP contribution in [0.25, 0.3) is 0 Å². The van der Waals surface area contributed by atoms with E-state index in [9.17, 15) is 4.79 Å². The predicted molar refractivity (Wildman–Crippen MR) is 73.0 cm³/mol. The molecule has 2 heterocycles. The van der Waals surface area contributed by atoms with E-state index in [1.165, 1.54) is 6.42 Å².